The first kappa shape index (κ1) is 21.0. The number of Topliss-reactive ketones (excluding diaryl/α,β-unsaturated/α-hetero) is 1. The Morgan fingerprint density at radius 3 is 2.40 bits per heavy atom. The lowest BCUT2D eigenvalue weighted by atomic mass is 10.0. The van der Waals surface area contributed by atoms with Crippen LogP contribution in [0.5, 0.6) is 0 Å². The lowest BCUT2D eigenvalue weighted by molar-refractivity contribution is -0.691. The molecule has 0 N–H and O–H groups in total. The van der Waals surface area contributed by atoms with E-state index in [0.717, 1.165) is 11.1 Å². The van der Waals surface area contributed by atoms with Crippen LogP contribution in [0.1, 0.15) is 16.4 Å². The van der Waals surface area contributed by atoms with Crippen molar-refractivity contribution < 1.29 is 14.3 Å². The number of non-ortho nitro benzene ring substituents is 1. The highest BCUT2D eigenvalue weighted by Crippen LogP contribution is 2.19. The van der Waals surface area contributed by atoms with Crippen molar-refractivity contribution in [1.29, 1.82) is 0 Å². The summed E-state index contributed by atoms with van der Waals surface area (Å²) in [6.45, 7) is 3.93. The number of carbonyl (C=O) groups excluding carboxylic acids is 1. The second kappa shape index (κ2) is 9.67. The van der Waals surface area contributed by atoms with Crippen LogP contribution in [0.4, 0.5) is 5.69 Å². The quantitative estimate of drug-likeness (QED) is 0.0808. The van der Waals surface area contributed by atoms with Crippen LogP contribution in [0.15, 0.2) is 96.8 Å². The molecule has 2 aromatic carbocycles. The first-order chi connectivity index (χ1) is 14.5. The van der Waals surface area contributed by atoms with Crippen molar-refractivity contribution in [3.63, 3.8) is 0 Å². The van der Waals surface area contributed by atoms with Gasteiger partial charge in [0.05, 0.1) is 11.5 Å². The highest BCUT2D eigenvalue weighted by molar-refractivity contribution is 7.77. The minimum Gasteiger partial charge on any atom is -0.758 e. The van der Waals surface area contributed by atoms with E-state index in [0.29, 0.717) is 12.1 Å². The number of pyridine rings is 1. The SMILES string of the molecule is C=CCN=C([S-])C(C(=O)c1ccc([N+](=O)[O-])cc1)[n+]1cccc(-c2ccccc2)c1. The third kappa shape index (κ3) is 4.82. The number of nitro groups is 1. The summed E-state index contributed by atoms with van der Waals surface area (Å²) < 4.78 is 1.72. The topological polar surface area (TPSA) is 76.4 Å². The van der Waals surface area contributed by atoms with Crippen molar-refractivity contribution in [2.24, 2.45) is 4.99 Å². The zero-order chi connectivity index (χ0) is 21.5. The van der Waals surface area contributed by atoms with Gasteiger partial charge in [-0.2, -0.15) is 4.57 Å². The largest absolute Gasteiger partial charge is 0.758 e. The van der Waals surface area contributed by atoms with Gasteiger partial charge < -0.3 is 17.6 Å². The van der Waals surface area contributed by atoms with Crippen LogP contribution in [0.25, 0.3) is 11.1 Å². The maximum Gasteiger partial charge on any atom is 0.269 e. The number of nitrogens with zero attached hydrogens (tertiary/aromatic N) is 3. The summed E-state index contributed by atoms with van der Waals surface area (Å²) >= 11 is 5.46. The molecule has 3 aromatic rings. The monoisotopic (exact) mass is 417 g/mol. The van der Waals surface area contributed by atoms with E-state index in [1.807, 2.05) is 48.7 Å². The smallest absolute Gasteiger partial charge is 0.269 e. The predicted octanol–water partition coefficient (Wildman–Crippen LogP) is 4.10. The van der Waals surface area contributed by atoms with Gasteiger partial charge in [0.15, 0.2) is 12.4 Å². The van der Waals surface area contributed by atoms with Gasteiger partial charge in [0.2, 0.25) is 11.8 Å². The molecule has 0 aliphatic rings. The Morgan fingerprint density at radius 2 is 1.77 bits per heavy atom. The number of rotatable bonds is 8. The van der Waals surface area contributed by atoms with Gasteiger partial charge >= 0.3 is 0 Å². The second-order valence-electron chi connectivity index (χ2n) is 6.44. The summed E-state index contributed by atoms with van der Waals surface area (Å²) in [5, 5.41) is 11.1. The molecule has 3 rings (SSSR count). The van der Waals surface area contributed by atoms with Crippen LogP contribution in [0.2, 0.25) is 0 Å². The van der Waals surface area contributed by atoms with Crippen LogP contribution in [-0.2, 0) is 12.6 Å². The molecule has 0 saturated carbocycles. The Balaban J connectivity index is 2.04. The van der Waals surface area contributed by atoms with Crippen LogP contribution < -0.4 is 4.57 Å². The number of ketones is 1. The van der Waals surface area contributed by atoms with Gasteiger partial charge in [-0.25, -0.2) is 0 Å². The number of carbonyl (C=O) groups is 1. The molecule has 0 spiro atoms. The lowest BCUT2D eigenvalue weighted by Gasteiger charge is -2.19. The van der Waals surface area contributed by atoms with Crippen LogP contribution in [-0.4, -0.2) is 22.3 Å². The zero-order valence-electron chi connectivity index (χ0n) is 16.0. The Morgan fingerprint density at radius 1 is 1.10 bits per heavy atom. The van der Waals surface area contributed by atoms with Gasteiger partial charge in [-0.3, -0.25) is 14.9 Å². The van der Waals surface area contributed by atoms with Crippen molar-refractivity contribution >= 4 is 29.1 Å². The molecule has 0 amide bonds. The summed E-state index contributed by atoms with van der Waals surface area (Å²) in [7, 11) is 0. The number of aliphatic imine (C=N–C) groups is 1. The molecule has 0 aliphatic heterocycles. The van der Waals surface area contributed by atoms with E-state index in [-0.39, 0.29) is 16.5 Å². The van der Waals surface area contributed by atoms with Crippen LogP contribution in [0.3, 0.4) is 0 Å². The molecule has 150 valence electrons. The van der Waals surface area contributed by atoms with E-state index in [9.17, 15) is 14.9 Å². The zero-order valence-corrected chi connectivity index (χ0v) is 16.9. The van der Waals surface area contributed by atoms with Crippen LogP contribution in [0, 0.1) is 10.1 Å². The van der Waals surface area contributed by atoms with Gasteiger partial charge in [-0.05, 0) is 28.8 Å². The fourth-order valence-corrected chi connectivity index (χ4v) is 3.28. The Bertz CT molecular complexity index is 1100. The van der Waals surface area contributed by atoms with Crippen molar-refractivity contribution in [2.45, 2.75) is 6.04 Å². The van der Waals surface area contributed by atoms with Crippen LogP contribution >= 0.6 is 0 Å². The number of benzene rings is 2. The fraction of sp³-hybridized carbons (Fsp3) is 0.0870. The van der Waals surface area contributed by atoms with E-state index in [1.165, 1.54) is 24.3 Å². The third-order valence-corrected chi connectivity index (χ3v) is 4.80. The summed E-state index contributed by atoms with van der Waals surface area (Å²) in [4.78, 5) is 28.0. The fourth-order valence-electron chi connectivity index (χ4n) is 2.98. The summed E-state index contributed by atoms with van der Waals surface area (Å²) in [5.41, 5.74) is 2.16. The Kier molecular flexibility index (Phi) is 6.77. The molecule has 0 aliphatic carbocycles. The van der Waals surface area contributed by atoms with Gasteiger partial charge in [0, 0.05) is 29.3 Å². The molecule has 1 unspecified atom stereocenters. The minimum absolute atomic E-state index is 0.0826. The third-order valence-electron chi connectivity index (χ3n) is 4.45. The molecule has 7 heteroatoms. The molecule has 0 bridgehead atoms. The molecule has 30 heavy (non-hydrogen) atoms. The van der Waals surface area contributed by atoms with Crippen molar-refractivity contribution in [2.75, 3.05) is 6.54 Å². The van der Waals surface area contributed by atoms with Gasteiger partial charge in [0.1, 0.15) is 0 Å². The molecule has 6 nitrogen and oxygen atoms in total. The van der Waals surface area contributed by atoms with Gasteiger partial charge in [-0.1, -0.05) is 36.4 Å². The number of aromatic nitrogens is 1. The van der Waals surface area contributed by atoms with E-state index < -0.39 is 11.0 Å². The van der Waals surface area contributed by atoms with Gasteiger partial charge in [-0.15, -0.1) is 6.58 Å². The normalized spacial score (nSPS) is 12.2. The standard InChI is InChI=1S/C23H19N3O3S/c1-2-14-24-23(30)21(22(27)18-10-12-20(13-11-18)26(28)29)25-15-6-9-19(16-25)17-7-4-3-5-8-17/h2-13,15-16,21H,1,14H2. The van der Waals surface area contributed by atoms with Crippen molar-refractivity contribution in [1.82, 2.24) is 0 Å². The second-order valence-corrected chi connectivity index (χ2v) is 6.86. The average Bonchev–Trinajstić information content (AvgIpc) is 2.78. The molecule has 1 heterocycles. The summed E-state index contributed by atoms with van der Waals surface area (Å²) in [5.74, 6) is -0.294. The molecule has 1 atom stereocenters. The summed E-state index contributed by atoms with van der Waals surface area (Å²) in [6.07, 6.45) is 5.21. The number of hydrogen-bond acceptors (Lipinski definition) is 5. The minimum atomic E-state index is -0.856. The average molecular weight is 417 g/mol. The number of hydrogen-bond donors (Lipinski definition) is 0. The van der Waals surface area contributed by atoms with Crippen molar-refractivity contribution in [3.8, 4) is 11.1 Å². The maximum absolute atomic E-state index is 13.3. The molecular formula is C23H19N3O3S. The molecule has 0 saturated heterocycles. The maximum atomic E-state index is 13.3. The van der Waals surface area contributed by atoms with E-state index in [2.05, 4.69) is 11.6 Å². The lowest BCUT2D eigenvalue weighted by Crippen LogP contribution is -2.47. The molecular weight excluding hydrogens is 398 g/mol. The van der Waals surface area contributed by atoms with Crippen molar-refractivity contribution in [3.05, 3.63) is 107 Å². The predicted molar refractivity (Wildman–Crippen MR) is 118 cm³/mol. The highest BCUT2D eigenvalue weighted by Gasteiger charge is 2.29. The first-order valence-electron chi connectivity index (χ1n) is 9.18. The molecule has 1 aromatic heterocycles. The van der Waals surface area contributed by atoms with E-state index in [4.69, 9.17) is 12.6 Å². The Hall–Kier alpha value is -3.71. The molecule has 0 radical (unpaired) electrons. The highest BCUT2D eigenvalue weighted by atomic mass is 32.1. The number of nitro benzene ring substituents is 1. The van der Waals surface area contributed by atoms with E-state index in [1.54, 1.807) is 16.8 Å². The van der Waals surface area contributed by atoms with Gasteiger partial charge in [0.25, 0.3) is 5.69 Å². The first-order valence-corrected chi connectivity index (χ1v) is 9.59. The van der Waals surface area contributed by atoms with E-state index >= 15 is 0 Å². The summed E-state index contributed by atoms with van der Waals surface area (Å²) in [6, 6.07) is 18.2. The molecule has 0 fully saturated rings. The Labute approximate surface area is 179 Å².